The number of carbonyl (C=O) groups is 3. The van der Waals surface area contributed by atoms with E-state index < -0.39 is 34.6 Å². The van der Waals surface area contributed by atoms with Crippen LogP contribution in [0.5, 0.6) is 0 Å². The summed E-state index contributed by atoms with van der Waals surface area (Å²) in [6.45, 7) is 5.93. The average Bonchev–Trinajstić information content (AvgIpc) is 3.66. The molecule has 232 valence electrons. The Bertz CT molecular complexity index is 1490. The summed E-state index contributed by atoms with van der Waals surface area (Å²) in [4.78, 5) is 46.1. The van der Waals surface area contributed by atoms with Crippen LogP contribution in [-0.4, -0.2) is 71.5 Å². The maximum atomic E-state index is 13.6. The zero-order chi connectivity index (χ0) is 31.0. The zero-order valence-electron chi connectivity index (χ0n) is 24.7. The van der Waals surface area contributed by atoms with Crippen molar-refractivity contribution in [3.63, 3.8) is 0 Å². The lowest BCUT2D eigenvalue weighted by atomic mass is 9.97. The Morgan fingerprint density at radius 1 is 1.12 bits per heavy atom. The number of hydrogen-bond acceptors (Lipinski definition) is 8. The Kier molecular flexibility index (Phi) is 11.0. The molecule has 14 heteroatoms. The van der Waals surface area contributed by atoms with Gasteiger partial charge in [-0.3, -0.25) is 14.4 Å². The summed E-state index contributed by atoms with van der Waals surface area (Å²) in [5, 5.41) is 12.2. The van der Waals surface area contributed by atoms with Crippen LogP contribution in [0.15, 0.2) is 52.1 Å². The molecule has 3 amide bonds. The summed E-state index contributed by atoms with van der Waals surface area (Å²) in [5.41, 5.74) is 0.986. The third-order valence-electron chi connectivity index (χ3n) is 7.47. The van der Waals surface area contributed by atoms with E-state index in [2.05, 4.69) is 25.4 Å². The van der Waals surface area contributed by atoms with Crippen LogP contribution >= 0.6 is 11.3 Å². The van der Waals surface area contributed by atoms with Gasteiger partial charge in [0.2, 0.25) is 17.7 Å². The Morgan fingerprint density at radius 3 is 2.58 bits per heavy atom. The van der Waals surface area contributed by atoms with Crippen molar-refractivity contribution >= 4 is 39.1 Å². The molecular formula is C29H39N7O5S2. The van der Waals surface area contributed by atoms with E-state index in [4.69, 9.17) is 0 Å². The topological polar surface area (TPSA) is 155 Å². The molecule has 0 unspecified atom stereocenters. The predicted molar refractivity (Wildman–Crippen MR) is 162 cm³/mol. The van der Waals surface area contributed by atoms with Gasteiger partial charge in [0.1, 0.15) is 21.9 Å². The van der Waals surface area contributed by atoms with Crippen LogP contribution in [0.4, 0.5) is 0 Å². The number of thiophene rings is 1. The number of aryl methyl sites for hydroxylation is 1. The molecule has 0 spiro atoms. The highest BCUT2D eigenvalue weighted by molar-refractivity contribution is 7.91. The molecule has 0 saturated heterocycles. The molecule has 43 heavy (non-hydrogen) atoms. The fraction of sp³-hybridized carbons (Fsp3) is 0.483. The van der Waals surface area contributed by atoms with Gasteiger partial charge >= 0.3 is 0 Å². The average molecular weight is 630 g/mol. The third-order valence-corrected chi connectivity index (χ3v) is 10.3. The van der Waals surface area contributed by atoms with Crippen LogP contribution in [0.3, 0.4) is 0 Å². The van der Waals surface area contributed by atoms with Crippen molar-refractivity contribution in [1.29, 1.82) is 0 Å². The first-order chi connectivity index (χ1) is 20.6. The second-order valence-corrected chi connectivity index (χ2v) is 13.6. The maximum absolute atomic E-state index is 13.6. The van der Waals surface area contributed by atoms with E-state index in [1.807, 2.05) is 44.2 Å². The molecule has 4 rings (SSSR count). The Labute approximate surface area is 256 Å². The first kappa shape index (κ1) is 32.3. The Balaban J connectivity index is 1.62. The number of benzene rings is 1. The SMILES string of the molecule is CC[C@H](C)[C@@H]1NC(=O)CCCN(C(=O)CNS(=O)(=O)c2cccs2)CCn2nc(C)nc2[C@H](Cc2ccccc2)NC1=O. The van der Waals surface area contributed by atoms with Crippen LogP contribution in [-0.2, 0) is 37.4 Å². The number of fused-ring (bicyclic) bond motifs is 1. The monoisotopic (exact) mass is 629 g/mol. The van der Waals surface area contributed by atoms with Gasteiger partial charge in [-0.15, -0.1) is 11.3 Å². The normalized spacial score (nSPS) is 19.6. The zero-order valence-corrected chi connectivity index (χ0v) is 26.3. The molecule has 2 aromatic heterocycles. The highest BCUT2D eigenvalue weighted by atomic mass is 32.2. The molecule has 1 aromatic carbocycles. The van der Waals surface area contributed by atoms with E-state index in [0.29, 0.717) is 30.9 Å². The van der Waals surface area contributed by atoms with Crippen molar-refractivity contribution in [2.24, 2.45) is 5.92 Å². The second-order valence-electron chi connectivity index (χ2n) is 10.7. The van der Waals surface area contributed by atoms with E-state index in [9.17, 15) is 22.8 Å². The van der Waals surface area contributed by atoms with Gasteiger partial charge in [-0.05, 0) is 42.7 Å². The Hall–Kier alpha value is -3.62. The minimum Gasteiger partial charge on any atom is -0.344 e. The fourth-order valence-corrected chi connectivity index (χ4v) is 6.94. The van der Waals surface area contributed by atoms with E-state index >= 15 is 0 Å². The van der Waals surface area contributed by atoms with Gasteiger partial charge in [-0.2, -0.15) is 5.10 Å². The minimum atomic E-state index is -3.82. The van der Waals surface area contributed by atoms with Crippen molar-refractivity contribution in [3.05, 3.63) is 65.1 Å². The number of sulfonamides is 1. The standard InChI is InChI=1S/C29H39N7O5S2/c1-4-20(2)27-29(39)32-23(18-22-10-6-5-7-11-22)28-31-21(3)34-36(28)16-15-35(14-8-12-24(37)33-27)25(38)19-30-43(40,41)26-13-9-17-42-26/h5-7,9-11,13,17,20,23,27,30H,4,8,12,14-16,18-19H2,1-3H3,(H,32,39)(H,33,37)/t20-,23-,27-/m0/s1. The van der Waals surface area contributed by atoms with Crippen molar-refractivity contribution in [2.45, 2.75) is 69.3 Å². The van der Waals surface area contributed by atoms with Crippen LogP contribution in [0.25, 0.3) is 0 Å². The van der Waals surface area contributed by atoms with Crippen LogP contribution in [0.2, 0.25) is 0 Å². The first-order valence-electron chi connectivity index (χ1n) is 14.4. The minimum absolute atomic E-state index is 0.103. The Morgan fingerprint density at radius 2 is 1.88 bits per heavy atom. The van der Waals surface area contributed by atoms with Gasteiger partial charge < -0.3 is 15.5 Å². The van der Waals surface area contributed by atoms with Crippen molar-refractivity contribution in [3.8, 4) is 0 Å². The smallest absolute Gasteiger partial charge is 0.250 e. The molecular weight excluding hydrogens is 590 g/mol. The molecule has 1 aliphatic rings. The lowest BCUT2D eigenvalue weighted by molar-refractivity contribution is -0.132. The number of carbonyl (C=O) groups excluding carboxylic acids is 3. The number of amides is 3. The second kappa shape index (κ2) is 14.7. The van der Waals surface area contributed by atoms with Crippen molar-refractivity contribution in [2.75, 3.05) is 19.6 Å². The summed E-state index contributed by atoms with van der Waals surface area (Å²) in [6, 6.07) is 11.5. The molecule has 1 aliphatic heterocycles. The van der Waals surface area contributed by atoms with Gasteiger partial charge in [0.25, 0.3) is 10.0 Å². The fourth-order valence-electron chi connectivity index (χ4n) is 4.92. The number of nitrogens with one attached hydrogen (secondary N) is 3. The summed E-state index contributed by atoms with van der Waals surface area (Å²) in [6.07, 6.45) is 1.57. The lowest BCUT2D eigenvalue weighted by Crippen LogP contribution is -2.51. The van der Waals surface area contributed by atoms with Gasteiger partial charge in [0.05, 0.1) is 19.1 Å². The van der Waals surface area contributed by atoms with E-state index in [1.54, 1.807) is 23.1 Å². The predicted octanol–water partition coefficient (Wildman–Crippen LogP) is 2.18. The summed E-state index contributed by atoms with van der Waals surface area (Å²) in [5.74, 6) is -0.0719. The molecule has 0 radical (unpaired) electrons. The number of hydrogen-bond donors (Lipinski definition) is 3. The highest BCUT2D eigenvalue weighted by Crippen LogP contribution is 2.20. The van der Waals surface area contributed by atoms with Crippen LogP contribution < -0.4 is 15.4 Å². The van der Waals surface area contributed by atoms with E-state index in [1.165, 1.54) is 11.0 Å². The first-order valence-corrected chi connectivity index (χ1v) is 16.8. The van der Waals surface area contributed by atoms with Gasteiger partial charge in [-0.25, -0.2) is 22.8 Å². The number of rotatable bonds is 8. The van der Waals surface area contributed by atoms with Gasteiger partial charge in [-0.1, -0.05) is 56.7 Å². The van der Waals surface area contributed by atoms with Crippen LogP contribution in [0.1, 0.15) is 56.4 Å². The molecule has 3 atom stereocenters. The van der Waals surface area contributed by atoms with Crippen molar-refractivity contribution < 1.29 is 22.8 Å². The quantitative estimate of drug-likeness (QED) is 0.345. The van der Waals surface area contributed by atoms with Crippen LogP contribution in [0, 0.1) is 12.8 Å². The molecule has 3 heterocycles. The number of aromatic nitrogens is 3. The third kappa shape index (κ3) is 8.71. The molecule has 3 N–H and O–H groups in total. The molecule has 0 fully saturated rings. The molecule has 0 aliphatic carbocycles. The van der Waals surface area contributed by atoms with Gasteiger partial charge in [0, 0.05) is 19.5 Å². The van der Waals surface area contributed by atoms with Crippen molar-refractivity contribution in [1.82, 2.24) is 35.0 Å². The number of nitrogens with zero attached hydrogens (tertiary/aromatic N) is 4. The molecule has 0 bridgehead atoms. The lowest BCUT2D eigenvalue weighted by Gasteiger charge is -2.28. The molecule has 3 aromatic rings. The summed E-state index contributed by atoms with van der Waals surface area (Å²) < 4.78 is 29.4. The molecule has 0 saturated carbocycles. The summed E-state index contributed by atoms with van der Waals surface area (Å²) in [7, 11) is -3.82. The largest absolute Gasteiger partial charge is 0.344 e. The maximum Gasteiger partial charge on any atom is 0.250 e. The van der Waals surface area contributed by atoms with E-state index in [-0.39, 0.29) is 48.0 Å². The molecule has 12 nitrogen and oxygen atoms in total. The van der Waals surface area contributed by atoms with Gasteiger partial charge in [0.15, 0.2) is 0 Å². The highest BCUT2D eigenvalue weighted by Gasteiger charge is 2.31. The summed E-state index contributed by atoms with van der Waals surface area (Å²) >= 11 is 1.07. The van der Waals surface area contributed by atoms with E-state index in [0.717, 1.165) is 16.9 Å².